The molecular weight excluding hydrogens is 531 g/mol. The molecule has 1 aromatic carbocycles. The summed E-state index contributed by atoms with van der Waals surface area (Å²) in [5.74, 6) is -0.910. The first-order chi connectivity index (χ1) is 18.0. The van der Waals surface area contributed by atoms with E-state index in [9.17, 15) is 9.59 Å². The summed E-state index contributed by atoms with van der Waals surface area (Å²) in [5.41, 5.74) is 0.301. The Morgan fingerprint density at radius 3 is 2.76 bits per heavy atom. The maximum absolute atomic E-state index is 15.9. The van der Waals surface area contributed by atoms with E-state index in [-0.39, 0.29) is 24.9 Å². The van der Waals surface area contributed by atoms with Crippen molar-refractivity contribution in [2.45, 2.75) is 75.9 Å². The molecular formula is C26H36ClFN4O5Si. The van der Waals surface area contributed by atoms with E-state index in [1.165, 1.54) is 7.11 Å². The van der Waals surface area contributed by atoms with Gasteiger partial charge in [-0.25, -0.2) is 0 Å². The Bertz CT molecular complexity index is 1170. The Labute approximate surface area is 228 Å². The number of carbonyl (C=O) groups excluding carboxylic acids is 2. The van der Waals surface area contributed by atoms with E-state index in [4.69, 9.17) is 26.2 Å². The van der Waals surface area contributed by atoms with Gasteiger partial charge in [0.25, 0.3) is 5.91 Å². The van der Waals surface area contributed by atoms with Gasteiger partial charge in [-0.05, 0) is 50.6 Å². The lowest BCUT2D eigenvalue weighted by atomic mass is 9.82. The summed E-state index contributed by atoms with van der Waals surface area (Å²) in [7, 11) is -1.93. The van der Waals surface area contributed by atoms with Crippen LogP contribution in [-0.2, 0) is 37.6 Å². The summed E-state index contributed by atoms with van der Waals surface area (Å²) in [5, 5.41) is 17.8. The van der Waals surface area contributed by atoms with E-state index >= 15 is 4.11 Å². The molecule has 0 bridgehead atoms. The Morgan fingerprint density at radius 2 is 2.08 bits per heavy atom. The number of rotatable bonds is 11. The number of hydrogen-bond acceptors (Lipinski definition) is 7. The van der Waals surface area contributed by atoms with Gasteiger partial charge in [0.1, 0.15) is 0 Å². The molecule has 9 nitrogen and oxygen atoms in total. The molecule has 208 valence electrons. The highest BCUT2D eigenvalue weighted by Crippen LogP contribution is 2.60. The zero-order valence-electron chi connectivity index (χ0n) is 22.3. The molecule has 1 aromatic heterocycles. The Morgan fingerprint density at radius 1 is 1.32 bits per heavy atom. The molecule has 12 heteroatoms. The van der Waals surface area contributed by atoms with Crippen LogP contribution in [0, 0.1) is 5.92 Å². The number of carbonyl (C=O) groups is 2. The van der Waals surface area contributed by atoms with Crippen LogP contribution in [0.2, 0.25) is 23.7 Å². The lowest BCUT2D eigenvalue weighted by Gasteiger charge is -2.31. The van der Waals surface area contributed by atoms with Gasteiger partial charge in [0.15, 0.2) is 5.60 Å². The highest BCUT2D eigenvalue weighted by Gasteiger charge is 2.66. The van der Waals surface area contributed by atoms with E-state index < -0.39 is 31.6 Å². The maximum Gasteiger partial charge on any atom is 0.305 e. The zero-order valence-corrected chi connectivity index (χ0v) is 24.1. The summed E-state index contributed by atoms with van der Waals surface area (Å²) in [6.07, 6.45) is 3.59. The molecule has 1 fully saturated rings. The van der Waals surface area contributed by atoms with E-state index in [2.05, 4.69) is 10.3 Å². The second-order valence-electron chi connectivity index (χ2n) is 10.7. The summed E-state index contributed by atoms with van der Waals surface area (Å²) in [6.45, 7) is 6.08. The second kappa shape index (κ2) is 11.4. The summed E-state index contributed by atoms with van der Waals surface area (Å²) in [6, 6.07) is 5.33. The average Bonchev–Trinajstić information content (AvgIpc) is 3.50. The van der Waals surface area contributed by atoms with Gasteiger partial charge in [-0.15, -0.1) is 5.10 Å². The molecule has 38 heavy (non-hydrogen) atoms. The van der Waals surface area contributed by atoms with Gasteiger partial charge in [-0.2, -0.15) is 0 Å². The second-order valence-corrected chi connectivity index (χ2v) is 14.9. The molecule has 0 radical (unpaired) electrons. The first kappa shape index (κ1) is 28.7. The van der Waals surface area contributed by atoms with E-state index in [1.807, 2.05) is 13.0 Å². The molecule has 0 unspecified atom stereocenters. The monoisotopic (exact) mass is 566 g/mol. The molecule has 1 saturated heterocycles. The number of nitrogens with zero attached hydrogens (tertiary/aromatic N) is 4. The van der Waals surface area contributed by atoms with Crippen molar-refractivity contribution in [3.05, 3.63) is 40.7 Å². The van der Waals surface area contributed by atoms with Gasteiger partial charge in [0, 0.05) is 60.8 Å². The van der Waals surface area contributed by atoms with Crippen LogP contribution in [-0.4, -0.2) is 66.7 Å². The molecule has 2 aliphatic rings. The lowest BCUT2D eigenvalue weighted by Crippen LogP contribution is -2.45. The van der Waals surface area contributed by atoms with Crippen LogP contribution in [0.25, 0.3) is 0 Å². The van der Waals surface area contributed by atoms with Crippen LogP contribution in [0.5, 0.6) is 0 Å². The van der Waals surface area contributed by atoms with E-state index in [1.54, 1.807) is 41.0 Å². The number of aliphatic hydroxyl groups excluding tert-OH is 1. The number of unbranched alkanes of at least 4 members (excludes halogenated alkanes) is 1. The molecule has 2 aromatic rings. The summed E-state index contributed by atoms with van der Waals surface area (Å²) in [4.78, 5) is 27.4. The SMILES string of the molecule is COC(=O)CCCCN1C(=O)[C@]2(O[C@H](CCn3cc(CCO)nn3)[C@@H]([Si](C)(C)F)[C@@H]2C)c2cc(Cl)ccc21. The fourth-order valence-electron chi connectivity index (χ4n) is 6.09. The van der Waals surface area contributed by atoms with Crippen molar-refractivity contribution in [2.24, 2.45) is 5.92 Å². The van der Waals surface area contributed by atoms with Crippen molar-refractivity contribution in [1.82, 2.24) is 15.0 Å². The van der Waals surface area contributed by atoms with Crippen molar-refractivity contribution in [3.63, 3.8) is 0 Å². The number of ether oxygens (including phenoxy) is 2. The Hall–Kier alpha value is -2.34. The summed E-state index contributed by atoms with van der Waals surface area (Å²) < 4.78 is 29.0. The predicted octanol–water partition coefficient (Wildman–Crippen LogP) is 4.02. The summed E-state index contributed by atoms with van der Waals surface area (Å²) >= 11 is 6.40. The van der Waals surface area contributed by atoms with Gasteiger partial charge in [0.2, 0.25) is 8.41 Å². The van der Waals surface area contributed by atoms with Gasteiger partial charge in [-0.3, -0.25) is 14.3 Å². The zero-order chi connectivity index (χ0) is 27.7. The number of fused-ring (bicyclic) bond motifs is 2. The highest BCUT2D eigenvalue weighted by atomic mass is 35.5. The topological polar surface area (TPSA) is 107 Å². The quantitative estimate of drug-likeness (QED) is 0.189. The first-order valence-electron chi connectivity index (χ1n) is 13.1. The molecule has 4 rings (SSSR count). The van der Waals surface area contributed by atoms with Crippen LogP contribution in [0.4, 0.5) is 9.80 Å². The molecule has 4 atom stereocenters. The third-order valence-electron chi connectivity index (χ3n) is 7.76. The number of aryl methyl sites for hydroxylation is 1. The third kappa shape index (κ3) is 5.38. The third-order valence-corrected chi connectivity index (χ3v) is 10.5. The van der Waals surface area contributed by atoms with Crippen molar-refractivity contribution < 1.29 is 28.3 Å². The number of esters is 1. The number of aliphatic hydroxyl groups is 1. The number of halogens is 2. The fraction of sp³-hybridized carbons (Fsp3) is 0.615. The lowest BCUT2D eigenvalue weighted by molar-refractivity contribution is -0.146. The number of hydrogen-bond donors (Lipinski definition) is 1. The molecule has 1 amide bonds. The smallest absolute Gasteiger partial charge is 0.305 e. The molecule has 3 heterocycles. The average molecular weight is 567 g/mol. The maximum atomic E-state index is 15.9. The molecule has 0 saturated carbocycles. The Kier molecular flexibility index (Phi) is 8.61. The van der Waals surface area contributed by atoms with Crippen LogP contribution in [0.3, 0.4) is 0 Å². The van der Waals surface area contributed by atoms with Crippen LogP contribution < -0.4 is 4.90 Å². The highest BCUT2D eigenvalue weighted by molar-refractivity contribution is 6.72. The predicted molar refractivity (Wildman–Crippen MR) is 143 cm³/mol. The van der Waals surface area contributed by atoms with E-state index in [0.717, 1.165) is 0 Å². The van der Waals surface area contributed by atoms with Gasteiger partial charge in [-0.1, -0.05) is 23.7 Å². The van der Waals surface area contributed by atoms with Crippen molar-refractivity contribution >= 4 is 37.6 Å². The van der Waals surface area contributed by atoms with Crippen LogP contribution >= 0.6 is 11.6 Å². The van der Waals surface area contributed by atoms with Crippen LogP contribution in [0.15, 0.2) is 24.4 Å². The minimum atomic E-state index is -3.28. The van der Waals surface area contributed by atoms with Crippen molar-refractivity contribution in [1.29, 1.82) is 0 Å². The largest absolute Gasteiger partial charge is 0.469 e. The minimum Gasteiger partial charge on any atom is -0.469 e. The van der Waals surface area contributed by atoms with Gasteiger partial charge < -0.3 is 23.6 Å². The molecule has 1 spiro atoms. The number of benzene rings is 1. The van der Waals surface area contributed by atoms with Gasteiger partial charge >= 0.3 is 5.97 Å². The molecule has 0 aliphatic carbocycles. The fourth-order valence-corrected chi connectivity index (χ4v) is 8.80. The Balaban J connectivity index is 1.62. The van der Waals surface area contributed by atoms with Crippen molar-refractivity contribution in [2.75, 3.05) is 25.2 Å². The standard InChI is InChI=1S/C26H36ClFN4O5Si/c1-17-24(38(3,4)28)22(10-13-31-16-19(11-14-33)29-30-31)37-26(17)20-15-18(27)8-9-21(20)32(25(26)35)12-6-5-7-23(34)36-2/h8-9,15-17,22,24,33H,5-7,10-14H2,1-4H3/t17-,22+,24-,26+/m0/s1. The number of amides is 1. The van der Waals surface area contributed by atoms with Crippen molar-refractivity contribution in [3.8, 4) is 0 Å². The van der Waals surface area contributed by atoms with E-state index in [0.29, 0.717) is 60.7 Å². The van der Waals surface area contributed by atoms with Gasteiger partial charge in [0.05, 0.1) is 24.6 Å². The van der Waals surface area contributed by atoms with Crippen LogP contribution in [0.1, 0.15) is 43.9 Å². The molecule has 1 N–H and O–H groups in total. The normalized spacial score (nSPS) is 24.9. The minimum absolute atomic E-state index is 0.0164. The number of aromatic nitrogens is 3. The number of methoxy groups -OCH3 is 1. The number of anilines is 1. The first-order valence-corrected chi connectivity index (χ1v) is 16.4. The molecule has 2 aliphatic heterocycles.